The van der Waals surface area contributed by atoms with Crippen molar-refractivity contribution in [1.29, 1.82) is 5.41 Å². The Morgan fingerprint density at radius 1 is 0.710 bits per heavy atom. The average Bonchev–Trinajstić information content (AvgIpc) is 3.60. The van der Waals surface area contributed by atoms with Gasteiger partial charge in [0.25, 0.3) is 11.8 Å². The van der Waals surface area contributed by atoms with Crippen molar-refractivity contribution in [1.82, 2.24) is 15.7 Å². The predicted molar refractivity (Wildman–Crippen MR) is 245 cm³/mol. The van der Waals surface area contributed by atoms with E-state index >= 15 is 0 Å². The van der Waals surface area contributed by atoms with Gasteiger partial charge in [0.15, 0.2) is 18.9 Å². The molecule has 400 valence electrons. The number of nitrogens with one attached hydrogen (secondary N) is 3. The van der Waals surface area contributed by atoms with E-state index in [1.165, 1.54) is 7.11 Å². The van der Waals surface area contributed by atoms with Crippen molar-refractivity contribution >= 4 is 71.5 Å². The number of hydrogen-bond donors (Lipinski definition) is 7. The third-order valence-electron chi connectivity index (χ3n) is 12.3. The Bertz CT molecular complexity index is 1750. The summed E-state index contributed by atoms with van der Waals surface area (Å²) in [5.41, 5.74) is 0.366. The molecule has 0 aromatic heterocycles. The van der Waals surface area contributed by atoms with Gasteiger partial charge >= 0.3 is 12.2 Å². The molecular formula is C43H68Cl3N4O18Pd-. The molecule has 4 aliphatic rings. The van der Waals surface area contributed by atoms with Crippen molar-refractivity contribution in [2.75, 3.05) is 41.2 Å². The molecule has 4 amide bonds. The predicted octanol–water partition coefficient (Wildman–Crippen LogP) is 3.38. The SMILES string of the molecule is COC1OC(CO)C(C)C(C)C1C.COC1OC(COC(=O)ON2C(=O)CCC2=O)C(C)C(C)C1C.CO[C@H]1OC(COC(=O)NC(=N)NC(=O)Cc2c(Cl)cccc2Cl)[C@@H](O)[C@H](O)[C@H]1O.Cl.[CH3-].[Pd]. The molecule has 1 aromatic rings. The molecule has 11 unspecified atom stereocenters. The van der Waals surface area contributed by atoms with Gasteiger partial charge in [0, 0.05) is 76.5 Å². The van der Waals surface area contributed by atoms with Crippen LogP contribution >= 0.6 is 35.6 Å². The van der Waals surface area contributed by atoms with Gasteiger partial charge in [0.05, 0.1) is 25.2 Å². The molecule has 0 spiro atoms. The van der Waals surface area contributed by atoms with Crippen LogP contribution in [-0.4, -0.2) is 158 Å². The van der Waals surface area contributed by atoms with E-state index in [-0.39, 0.29) is 119 Å². The van der Waals surface area contributed by atoms with E-state index in [2.05, 4.69) is 37.8 Å². The van der Waals surface area contributed by atoms with Crippen LogP contribution in [0.25, 0.3) is 0 Å². The number of carbonyl (C=O) groups is 5. The first-order valence-corrected chi connectivity index (χ1v) is 22.0. The molecule has 4 saturated heterocycles. The van der Waals surface area contributed by atoms with E-state index in [0.29, 0.717) is 34.3 Å². The zero-order chi connectivity index (χ0) is 49.6. The van der Waals surface area contributed by atoms with Gasteiger partial charge in [0.1, 0.15) is 37.6 Å². The average molecular weight is 1140 g/mol. The van der Waals surface area contributed by atoms with Crippen LogP contribution in [0.5, 0.6) is 0 Å². The normalized spacial score (nSPS) is 31.6. The molecule has 69 heavy (non-hydrogen) atoms. The van der Waals surface area contributed by atoms with Crippen LogP contribution in [0, 0.1) is 48.3 Å². The monoisotopic (exact) mass is 1140 g/mol. The summed E-state index contributed by atoms with van der Waals surface area (Å²) in [6, 6.07) is 4.73. The minimum atomic E-state index is -1.57. The summed E-state index contributed by atoms with van der Waals surface area (Å²) in [6.07, 6.45) is -10.3. The number of ether oxygens (including phenoxy) is 8. The molecule has 5 rings (SSSR count). The van der Waals surface area contributed by atoms with E-state index < -0.39 is 73.2 Å². The number of hydrogen-bond acceptors (Lipinski definition) is 19. The molecule has 4 aliphatic heterocycles. The molecule has 1 aromatic carbocycles. The molecule has 4 fully saturated rings. The second kappa shape index (κ2) is 31.6. The van der Waals surface area contributed by atoms with E-state index in [1.807, 2.05) is 19.2 Å². The van der Waals surface area contributed by atoms with Crippen LogP contribution in [0.3, 0.4) is 0 Å². The topological polar surface area (TPSA) is 300 Å². The minimum absolute atomic E-state index is 0. The van der Waals surface area contributed by atoms with Crippen LogP contribution in [0.15, 0.2) is 18.2 Å². The Balaban J connectivity index is 0.00000105. The van der Waals surface area contributed by atoms with E-state index in [9.17, 15) is 39.3 Å². The number of guanidine groups is 1. The van der Waals surface area contributed by atoms with Crippen molar-refractivity contribution in [3.05, 3.63) is 41.2 Å². The number of alkyl carbamates (subject to hydrolysis) is 1. The number of halogens is 3. The van der Waals surface area contributed by atoms with E-state index in [0.717, 1.165) is 0 Å². The maximum absolute atomic E-state index is 12.0. The first kappa shape index (κ1) is 66.2. The fourth-order valence-corrected chi connectivity index (χ4v) is 7.97. The molecule has 15 atom stereocenters. The zero-order valence-electron chi connectivity index (χ0n) is 40.1. The molecule has 0 radical (unpaired) electrons. The van der Waals surface area contributed by atoms with Gasteiger partial charge in [-0.15, -0.1) is 12.4 Å². The second-order valence-corrected chi connectivity index (χ2v) is 17.2. The van der Waals surface area contributed by atoms with Crippen molar-refractivity contribution in [2.24, 2.45) is 35.5 Å². The number of hydroxylamine groups is 2. The maximum atomic E-state index is 12.0. The quantitative estimate of drug-likeness (QED) is 0.0417. The molecule has 0 saturated carbocycles. The molecular weight excluding hydrogens is 1070 g/mol. The smallest absolute Gasteiger partial charge is 0.446 e. The van der Waals surface area contributed by atoms with Gasteiger partial charge in [-0.05, 0) is 41.4 Å². The Hall–Kier alpha value is -2.83. The summed E-state index contributed by atoms with van der Waals surface area (Å²) in [4.78, 5) is 62.9. The number of benzene rings is 1. The Labute approximate surface area is 432 Å². The molecule has 7 N–H and O–H groups in total. The summed E-state index contributed by atoms with van der Waals surface area (Å²) in [6.45, 7) is 12.1. The maximum Gasteiger partial charge on any atom is 0.534 e. The van der Waals surface area contributed by atoms with Gasteiger partial charge in [0.2, 0.25) is 11.9 Å². The third-order valence-corrected chi connectivity index (χ3v) is 13.0. The molecule has 26 heteroatoms. The number of aliphatic hydroxyl groups excluding tert-OH is 4. The Kier molecular flexibility index (Phi) is 30.3. The van der Waals surface area contributed by atoms with Crippen LogP contribution in [0.4, 0.5) is 9.59 Å². The number of nitrogens with zero attached hydrogens (tertiary/aromatic N) is 1. The zero-order valence-corrected chi connectivity index (χ0v) is 43.9. The van der Waals surface area contributed by atoms with Crippen molar-refractivity contribution < 1.29 is 108 Å². The van der Waals surface area contributed by atoms with E-state index in [1.54, 1.807) is 32.4 Å². The first-order chi connectivity index (χ1) is 31.1. The molecule has 0 bridgehead atoms. The van der Waals surface area contributed by atoms with Crippen molar-refractivity contribution in [3.63, 3.8) is 0 Å². The standard InChI is InChI=1S/C17H21Cl2N3O8.C15H23NO7.C10H20O3.CH3.ClH.Pd/c1-28-15-14(26)13(25)12(24)10(30-15)6-29-17(27)22-16(20)21-11(23)5-7-8(18)3-2-4-9(7)19;1-8-9(2)11(22-14(20-4)10(8)3)7-21-15(19)23-16-12(17)5-6-13(16)18;1-6-7(2)9(5-11)13-10(12-4)8(6)3;;;/h2-4,10,12-15,24-26H,5-6H2,1H3,(H3,20,21,22,23,27);8-11,14H,5-7H2,1-4H3;6-11H,5H2,1-4H3;1H3;1H;/q;;;-1;;/t10?,12-,13+,14-,15+;;;;;/m1...../s1. The van der Waals surface area contributed by atoms with Crippen LogP contribution in [0.1, 0.15) is 59.9 Å². The fourth-order valence-electron chi connectivity index (χ4n) is 7.44. The summed E-state index contributed by atoms with van der Waals surface area (Å²) in [5.74, 6) is -0.403. The number of methoxy groups -OCH3 is 3. The summed E-state index contributed by atoms with van der Waals surface area (Å²) >= 11 is 12.0. The number of amides is 4. The van der Waals surface area contributed by atoms with Crippen LogP contribution in [-0.2, 0) is 84.0 Å². The van der Waals surface area contributed by atoms with E-state index in [4.69, 9.17) is 71.6 Å². The van der Waals surface area contributed by atoms with Gasteiger partial charge < -0.3 is 65.7 Å². The number of imide groups is 1. The third kappa shape index (κ3) is 18.6. The summed E-state index contributed by atoms with van der Waals surface area (Å²) in [5, 5.41) is 51.2. The van der Waals surface area contributed by atoms with Gasteiger partial charge in [-0.25, -0.2) is 9.59 Å². The van der Waals surface area contributed by atoms with Crippen LogP contribution < -0.4 is 10.6 Å². The second-order valence-electron chi connectivity index (χ2n) is 16.4. The van der Waals surface area contributed by atoms with Crippen molar-refractivity contribution in [2.45, 2.75) is 116 Å². The number of rotatable bonds is 11. The molecule has 22 nitrogen and oxygen atoms in total. The van der Waals surface area contributed by atoms with Gasteiger partial charge in [-0.1, -0.05) is 75.9 Å². The minimum Gasteiger partial charge on any atom is -0.446 e. The first-order valence-electron chi connectivity index (χ1n) is 21.3. The number of carbonyl (C=O) groups excluding carboxylic acids is 5. The largest absolute Gasteiger partial charge is 0.534 e. The summed E-state index contributed by atoms with van der Waals surface area (Å²) < 4.78 is 41.8. The van der Waals surface area contributed by atoms with Gasteiger partial charge in [-0.2, -0.15) is 0 Å². The fraction of sp³-hybridized carbons (Fsp3) is 0.698. The number of aliphatic hydroxyl groups is 4. The Morgan fingerprint density at radius 3 is 1.67 bits per heavy atom. The van der Waals surface area contributed by atoms with Crippen molar-refractivity contribution in [3.8, 4) is 0 Å². The Morgan fingerprint density at radius 2 is 1.17 bits per heavy atom. The summed E-state index contributed by atoms with van der Waals surface area (Å²) in [7, 11) is 4.45. The van der Waals surface area contributed by atoms with Crippen LogP contribution in [0.2, 0.25) is 10.0 Å². The van der Waals surface area contributed by atoms with Gasteiger partial charge in [-0.3, -0.25) is 35.3 Å². The molecule has 4 heterocycles. The molecule has 0 aliphatic carbocycles.